The number of hydrogen-bond acceptors (Lipinski definition) is 4. The van der Waals surface area contributed by atoms with Crippen molar-refractivity contribution in [1.29, 1.82) is 0 Å². The maximum Gasteiger partial charge on any atom is 0.319 e. The third-order valence-electron chi connectivity index (χ3n) is 2.66. The first kappa shape index (κ1) is 15.2. The van der Waals surface area contributed by atoms with E-state index in [4.69, 9.17) is 0 Å². The number of amides is 1. The maximum atomic E-state index is 11.8. The minimum Gasteiger partial charge on any atom is -0.468 e. The molecule has 0 saturated carbocycles. The first-order chi connectivity index (χ1) is 9.05. The molecule has 1 aromatic rings. The number of nitrogens with one attached hydrogen (secondary N) is 1. The van der Waals surface area contributed by atoms with Crippen molar-refractivity contribution in [1.82, 2.24) is 4.90 Å². The van der Waals surface area contributed by atoms with Crippen molar-refractivity contribution in [2.24, 2.45) is 0 Å². The largest absolute Gasteiger partial charge is 0.468 e. The van der Waals surface area contributed by atoms with Gasteiger partial charge in [0.2, 0.25) is 5.91 Å². The Morgan fingerprint density at radius 3 is 2.68 bits per heavy atom. The molecular weight excluding hydrogens is 244 g/mol. The Balaban J connectivity index is 2.48. The first-order valence-electron chi connectivity index (χ1n) is 6.19. The number of likely N-dealkylation sites (N-methyl/N-ethyl adjacent to an activating group) is 1. The number of aryl methyl sites for hydroxylation is 1. The number of ether oxygens (including phenoxy) is 1. The highest BCUT2D eigenvalue weighted by molar-refractivity contribution is 5.92. The summed E-state index contributed by atoms with van der Waals surface area (Å²) < 4.78 is 4.54. The molecule has 0 fully saturated rings. The van der Waals surface area contributed by atoms with E-state index >= 15 is 0 Å². The normalized spacial score (nSPS) is 10.3. The Labute approximate surface area is 113 Å². The Morgan fingerprint density at radius 2 is 2.05 bits per heavy atom. The number of rotatable bonds is 6. The van der Waals surface area contributed by atoms with E-state index in [1.807, 2.05) is 24.3 Å². The molecule has 1 rings (SSSR count). The van der Waals surface area contributed by atoms with Crippen LogP contribution in [-0.4, -0.2) is 44.0 Å². The zero-order valence-electron chi connectivity index (χ0n) is 11.6. The van der Waals surface area contributed by atoms with Crippen molar-refractivity contribution in [2.45, 2.75) is 13.3 Å². The molecule has 0 atom stereocenters. The highest BCUT2D eigenvalue weighted by atomic mass is 16.5. The van der Waals surface area contributed by atoms with Crippen molar-refractivity contribution < 1.29 is 14.3 Å². The van der Waals surface area contributed by atoms with Crippen LogP contribution in [0.3, 0.4) is 0 Å². The second kappa shape index (κ2) is 7.53. The number of benzene rings is 1. The van der Waals surface area contributed by atoms with E-state index < -0.39 is 0 Å². The number of carbonyl (C=O) groups excluding carboxylic acids is 2. The Morgan fingerprint density at radius 1 is 1.32 bits per heavy atom. The Kier molecular flexibility index (Phi) is 6.02. The number of nitrogens with zero attached hydrogens (tertiary/aromatic N) is 1. The van der Waals surface area contributed by atoms with Gasteiger partial charge in [-0.2, -0.15) is 0 Å². The van der Waals surface area contributed by atoms with Gasteiger partial charge < -0.3 is 10.1 Å². The summed E-state index contributed by atoms with van der Waals surface area (Å²) in [6.07, 6.45) is 0.923. The minimum atomic E-state index is -0.358. The molecule has 0 aliphatic heterocycles. The van der Waals surface area contributed by atoms with Crippen molar-refractivity contribution in [3.63, 3.8) is 0 Å². The van der Waals surface area contributed by atoms with Crippen LogP contribution in [-0.2, 0) is 20.7 Å². The van der Waals surface area contributed by atoms with Crippen LogP contribution in [0.4, 0.5) is 5.69 Å². The molecule has 1 N–H and O–H groups in total. The quantitative estimate of drug-likeness (QED) is 0.787. The molecule has 0 radical (unpaired) electrons. The van der Waals surface area contributed by atoms with Crippen molar-refractivity contribution in [3.8, 4) is 0 Å². The third kappa shape index (κ3) is 5.52. The fourth-order valence-electron chi connectivity index (χ4n) is 1.66. The molecule has 0 aliphatic carbocycles. The van der Waals surface area contributed by atoms with Gasteiger partial charge in [0, 0.05) is 5.69 Å². The van der Waals surface area contributed by atoms with Gasteiger partial charge >= 0.3 is 5.97 Å². The van der Waals surface area contributed by atoms with Gasteiger partial charge in [0.1, 0.15) is 0 Å². The lowest BCUT2D eigenvalue weighted by atomic mass is 10.1. The van der Waals surface area contributed by atoms with Crippen LogP contribution in [0, 0.1) is 0 Å². The van der Waals surface area contributed by atoms with E-state index in [1.165, 1.54) is 12.7 Å². The summed E-state index contributed by atoms with van der Waals surface area (Å²) in [5.41, 5.74) is 1.94. The molecule has 0 aliphatic rings. The van der Waals surface area contributed by atoms with Crippen LogP contribution in [0.5, 0.6) is 0 Å². The molecular formula is C14H20N2O3. The molecule has 1 amide bonds. The fourth-order valence-corrected chi connectivity index (χ4v) is 1.66. The molecule has 0 unspecified atom stereocenters. The van der Waals surface area contributed by atoms with Gasteiger partial charge in [-0.15, -0.1) is 0 Å². The lowest BCUT2D eigenvalue weighted by molar-refractivity contribution is -0.141. The minimum absolute atomic E-state index is 0.0962. The zero-order valence-corrected chi connectivity index (χ0v) is 11.6. The third-order valence-corrected chi connectivity index (χ3v) is 2.66. The van der Waals surface area contributed by atoms with Gasteiger partial charge in [-0.1, -0.05) is 19.1 Å². The van der Waals surface area contributed by atoms with E-state index in [1.54, 1.807) is 11.9 Å². The van der Waals surface area contributed by atoms with Gasteiger partial charge in [0.25, 0.3) is 0 Å². The highest BCUT2D eigenvalue weighted by Gasteiger charge is 2.10. The molecule has 1 aromatic carbocycles. The monoisotopic (exact) mass is 264 g/mol. The van der Waals surface area contributed by atoms with Crippen LogP contribution >= 0.6 is 0 Å². The molecule has 0 bridgehead atoms. The maximum absolute atomic E-state index is 11.8. The summed E-state index contributed by atoms with van der Waals surface area (Å²) in [6, 6.07) is 7.71. The summed E-state index contributed by atoms with van der Waals surface area (Å²) >= 11 is 0. The highest BCUT2D eigenvalue weighted by Crippen LogP contribution is 2.10. The molecule has 0 heterocycles. The second-order valence-electron chi connectivity index (χ2n) is 4.35. The summed E-state index contributed by atoms with van der Waals surface area (Å²) in [6.45, 7) is 2.30. The van der Waals surface area contributed by atoms with Crippen LogP contribution in [0.25, 0.3) is 0 Å². The smallest absolute Gasteiger partial charge is 0.319 e. The van der Waals surface area contributed by atoms with Gasteiger partial charge in [-0.3, -0.25) is 14.5 Å². The average molecular weight is 264 g/mol. The Bertz CT molecular complexity index is 446. The SMILES string of the molecule is CCc1cccc(NC(=O)CN(C)CC(=O)OC)c1. The van der Waals surface area contributed by atoms with Crippen LogP contribution in [0.1, 0.15) is 12.5 Å². The number of anilines is 1. The lowest BCUT2D eigenvalue weighted by Gasteiger charge is -2.14. The van der Waals surface area contributed by atoms with E-state index in [9.17, 15) is 9.59 Å². The predicted molar refractivity (Wildman–Crippen MR) is 74.0 cm³/mol. The fraction of sp³-hybridized carbons (Fsp3) is 0.429. The number of methoxy groups -OCH3 is 1. The summed E-state index contributed by atoms with van der Waals surface area (Å²) in [4.78, 5) is 24.4. The molecule has 0 aromatic heterocycles. The van der Waals surface area contributed by atoms with E-state index in [0.29, 0.717) is 0 Å². The molecule has 0 spiro atoms. The van der Waals surface area contributed by atoms with Gasteiger partial charge in [-0.05, 0) is 31.2 Å². The predicted octanol–water partition coefficient (Wildman–Crippen LogP) is 1.29. The second-order valence-corrected chi connectivity index (χ2v) is 4.35. The van der Waals surface area contributed by atoms with Crippen LogP contribution in [0.15, 0.2) is 24.3 Å². The van der Waals surface area contributed by atoms with E-state index in [-0.39, 0.29) is 25.0 Å². The number of carbonyl (C=O) groups is 2. The average Bonchev–Trinajstić information content (AvgIpc) is 2.38. The van der Waals surface area contributed by atoms with Gasteiger partial charge in [-0.25, -0.2) is 0 Å². The molecule has 5 nitrogen and oxygen atoms in total. The molecule has 19 heavy (non-hydrogen) atoms. The Hall–Kier alpha value is -1.88. The van der Waals surface area contributed by atoms with E-state index in [0.717, 1.165) is 12.1 Å². The van der Waals surface area contributed by atoms with Gasteiger partial charge in [0.15, 0.2) is 0 Å². The number of hydrogen-bond donors (Lipinski definition) is 1. The van der Waals surface area contributed by atoms with Crippen molar-refractivity contribution in [3.05, 3.63) is 29.8 Å². The molecule has 104 valence electrons. The topological polar surface area (TPSA) is 58.6 Å². The van der Waals surface area contributed by atoms with E-state index in [2.05, 4.69) is 17.0 Å². The van der Waals surface area contributed by atoms with Crippen molar-refractivity contribution in [2.75, 3.05) is 32.6 Å². The number of esters is 1. The summed E-state index contributed by atoms with van der Waals surface area (Å²) in [5.74, 6) is -0.511. The standard InChI is InChI=1S/C14H20N2O3/c1-4-11-6-5-7-12(8-11)15-13(17)9-16(2)10-14(18)19-3/h5-8H,4,9-10H2,1-3H3,(H,15,17). The van der Waals surface area contributed by atoms with Crippen molar-refractivity contribution >= 4 is 17.6 Å². The first-order valence-corrected chi connectivity index (χ1v) is 6.19. The summed E-state index contributed by atoms with van der Waals surface area (Å²) in [7, 11) is 3.02. The molecule has 5 heteroatoms. The zero-order chi connectivity index (χ0) is 14.3. The van der Waals surface area contributed by atoms with Crippen LogP contribution < -0.4 is 5.32 Å². The van der Waals surface area contributed by atoms with Gasteiger partial charge in [0.05, 0.1) is 20.2 Å². The van der Waals surface area contributed by atoms with Crippen LogP contribution in [0.2, 0.25) is 0 Å². The lowest BCUT2D eigenvalue weighted by Crippen LogP contribution is -2.34. The molecule has 0 saturated heterocycles. The summed E-state index contributed by atoms with van der Waals surface area (Å²) in [5, 5.41) is 2.81.